The first-order valence-corrected chi connectivity index (χ1v) is 6.35. The first-order valence-electron chi connectivity index (χ1n) is 5.22. The molecule has 0 aliphatic carbocycles. The van der Waals surface area contributed by atoms with Gasteiger partial charge in [-0.25, -0.2) is 4.79 Å². The molecule has 112 valence electrons. The van der Waals surface area contributed by atoms with Crippen molar-refractivity contribution in [1.82, 2.24) is 0 Å². The first kappa shape index (κ1) is 17.2. The van der Waals surface area contributed by atoms with Gasteiger partial charge in [-0.15, -0.1) is 0 Å². The van der Waals surface area contributed by atoms with Crippen LogP contribution in [0.2, 0.25) is 0 Å². The molecule has 0 aromatic heterocycles. The van der Waals surface area contributed by atoms with E-state index in [1.165, 1.54) is 0 Å². The van der Waals surface area contributed by atoms with Crippen LogP contribution < -0.4 is 0 Å². The third kappa shape index (κ3) is 4.57. The number of carbonyl (C=O) groups is 1. The third-order valence-corrected chi connectivity index (χ3v) is 3.03. The minimum Gasteiger partial charge on any atom is -0.460 e. The molecular formula is C9H13Cl3O7. The Balaban J connectivity index is 2.61. The van der Waals surface area contributed by atoms with Gasteiger partial charge in [0.15, 0.2) is 0 Å². The molecule has 1 aliphatic heterocycles. The summed E-state index contributed by atoms with van der Waals surface area (Å²) in [4.78, 5) is 11.2. The lowest BCUT2D eigenvalue weighted by atomic mass is 10.0. The number of hydrogen-bond donors (Lipinski definition) is 4. The highest BCUT2D eigenvalue weighted by Gasteiger charge is 2.41. The summed E-state index contributed by atoms with van der Waals surface area (Å²) in [7, 11) is 0. The number of halogens is 3. The summed E-state index contributed by atoms with van der Waals surface area (Å²) in [5.74, 6) is -1.17. The maximum atomic E-state index is 11.2. The molecule has 0 saturated carbocycles. The van der Waals surface area contributed by atoms with Crippen LogP contribution in [0.15, 0.2) is 0 Å². The van der Waals surface area contributed by atoms with E-state index in [2.05, 4.69) is 4.74 Å². The molecule has 7 nitrogen and oxygen atoms in total. The van der Waals surface area contributed by atoms with Gasteiger partial charge in [-0.3, -0.25) is 0 Å². The molecular weight excluding hydrogens is 326 g/mol. The maximum Gasteiger partial charge on any atom is 0.358 e. The van der Waals surface area contributed by atoms with Crippen molar-refractivity contribution in [2.75, 3.05) is 13.2 Å². The van der Waals surface area contributed by atoms with Crippen LogP contribution in [0, 0.1) is 0 Å². The quantitative estimate of drug-likeness (QED) is 0.366. The van der Waals surface area contributed by atoms with Crippen molar-refractivity contribution in [2.24, 2.45) is 0 Å². The van der Waals surface area contributed by atoms with Crippen molar-refractivity contribution in [2.45, 2.75) is 34.3 Å². The van der Waals surface area contributed by atoms with Gasteiger partial charge in [0.2, 0.25) is 0 Å². The first-order chi connectivity index (χ1) is 8.64. The van der Waals surface area contributed by atoms with Crippen molar-refractivity contribution in [1.29, 1.82) is 0 Å². The second kappa shape index (κ2) is 6.73. The Bertz CT molecular complexity index is 321. The molecule has 10 heteroatoms. The molecule has 1 aliphatic rings. The number of alkyl halides is 3. The summed E-state index contributed by atoms with van der Waals surface area (Å²) < 4.78 is 7.33. The third-order valence-electron chi connectivity index (χ3n) is 2.57. The lowest BCUT2D eigenvalue weighted by Crippen LogP contribution is -2.47. The standard InChI is InChI=1S/C9H13Cl3O7/c10-9(11,12)8(17)19-2-4-6(15)7(16)5(14)3(13)1-18-4/h3-7,13-16H,1-2H2/t3-,4+,5-,6+,7+/m0/s1. The van der Waals surface area contributed by atoms with E-state index in [1.807, 2.05) is 0 Å². The van der Waals surface area contributed by atoms with Gasteiger partial charge in [0.25, 0.3) is 3.79 Å². The Kier molecular flexibility index (Phi) is 6.09. The average molecular weight is 340 g/mol. The number of hydrogen-bond acceptors (Lipinski definition) is 7. The zero-order chi connectivity index (χ0) is 14.8. The van der Waals surface area contributed by atoms with Crippen molar-refractivity contribution in [3.05, 3.63) is 0 Å². The van der Waals surface area contributed by atoms with E-state index in [9.17, 15) is 25.2 Å². The molecule has 5 atom stereocenters. The molecule has 1 fully saturated rings. The van der Waals surface area contributed by atoms with Crippen LogP contribution in [-0.2, 0) is 14.3 Å². The molecule has 1 rings (SSSR count). The smallest absolute Gasteiger partial charge is 0.358 e. The summed E-state index contributed by atoms with van der Waals surface area (Å²) in [5.41, 5.74) is 0. The average Bonchev–Trinajstić information content (AvgIpc) is 2.41. The zero-order valence-electron chi connectivity index (χ0n) is 9.45. The van der Waals surface area contributed by atoms with Gasteiger partial charge in [-0.2, -0.15) is 0 Å². The Morgan fingerprint density at radius 2 is 1.74 bits per heavy atom. The van der Waals surface area contributed by atoms with E-state index in [0.717, 1.165) is 0 Å². The van der Waals surface area contributed by atoms with E-state index in [-0.39, 0.29) is 6.61 Å². The molecule has 19 heavy (non-hydrogen) atoms. The molecule has 0 unspecified atom stereocenters. The van der Waals surface area contributed by atoms with Gasteiger partial charge in [0.05, 0.1) is 6.61 Å². The summed E-state index contributed by atoms with van der Waals surface area (Å²) in [6.45, 7) is -0.865. The molecule has 0 bridgehead atoms. The molecule has 0 spiro atoms. The Morgan fingerprint density at radius 3 is 2.26 bits per heavy atom. The van der Waals surface area contributed by atoms with Gasteiger partial charge < -0.3 is 29.9 Å². The molecule has 0 aromatic rings. The molecule has 0 amide bonds. The fourth-order valence-electron chi connectivity index (χ4n) is 1.46. The molecule has 0 aromatic carbocycles. The van der Waals surface area contributed by atoms with E-state index in [0.29, 0.717) is 0 Å². The predicted molar refractivity (Wildman–Crippen MR) is 65.0 cm³/mol. The van der Waals surface area contributed by atoms with Crippen LogP contribution in [-0.4, -0.2) is 73.9 Å². The highest BCUT2D eigenvalue weighted by molar-refractivity contribution is 6.75. The summed E-state index contributed by atoms with van der Waals surface area (Å²) in [6.07, 6.45) is -7.36. The molecule has 1 heterocycles. The second-order valence-electron chi connectivity index (χ2n) is 4.01. The number of aliphatic hydroxyl groups excluding tert-OH is 4. The lowest BCUT2D eigenvalue weighted by Gasteiger charge is -2.25. The lowest BCUT2D eigenvalue weighted by molar-refractivity contribution is -0.153. The highest BCUT2D eigenvalue weighted by atomic mass is 35.6. The molecule has 0 radical (unpaired) electrons. The Hall–Kier alpha value is 0.140. The normalized spacial score (nSPS) is 36.7. The number of rotatable bonds is 2. The van der Waals surface area contributed by atoms with Crippen LogP contribution in [0.1, 0.15) is 0 Å². The fraction of sp³-hybridized carbons (Fsp3) is 0.889. The largest absolute Gasteiger partial charge is 0.460 e. The minimum atomic E-state index is -2.27. The van der Waals surface area contributed by atoms with Gasteiger partial charge >= 0.3 is 5.97 Å². The summed E-state index contributed by atoms with van der Waals surface area (Å²) >= 11 is 15.8. The van der Waals surface area contributed by atoms with E-state index in [4.69, 9.17) is 39.5 Å². The number of carbonyl (C=O) groups excluding carboxylic acids is 1. The number of esters is 1. The van der Waals surface area contributed by atoms with Gasteiger partial charge in [-0.05, 0) is 0 Å². The van der Waals surface area contributed by atoms with E-state index < -0.39 is 46.9 Å². The molecule has 4 N–H and O–H groups in total. The van der Waals surface area contributed by atoms with Crippen molar-refractivity contribution in [3.8, 4) is 0 Å². The van der Waals surface area contributed by atoms with Crippen LogP contribution >= 0.6 is 34.8 Å². The van der Waals surface area contributed by atoms with E-state index >= 15 is 0 Å². The summed E-state index contributed by atoms with van der Waals surface area (Å²) in [6, 6.07) is 0. The Labute approximate surface area is 123 Å². The van der Waals surface area contributed by atoms with Crippen LogP contribution in [0.5, 0.6) is 0 Å². The Morgan fingerprint density at radius 1 is 1.16 bits per heavy atom. The summed E-state index contributed by atoms with van der Waals surface area (Å²) in [5, 5.41) is 38.0. The van der Waals surface area contributed by atoms with Crippen molar-refractivity contribution < 1.29 is 34.7 Å². The van der Waals surface area contributed by atoms with Gasteiger partial charge in [0.1, 0.15) is 37.1 Å². The fourth-order valence-corrected chi connectivity index (χ4v) is 1.62. The van der Waals surface area contributed by atoms with Crippen LogP contribution in [0.3, 0.4) is 0 Å². The van der Waals surface area contributed by atoms with E-state index in [1.54, 1.807) is 0 Å². The monoisotopic (exact) mass is 338 g/mol. The SMILES string of the molecule is O=C(OC[C@H]1OC[C@H](O)[C@H](O)[C@@H](O)[C@@H]1O)C(Cl)(Cl)Cl. The van der Waals surface area contributed by atoms with Gasteiger partial charge in [-0.1, -0.05) is 34.8 Å². The highest BCUT2D eigenvalue weighted by Crippen LogP contribution is 2.28. The van der Waals surface area contributed by atoms with Crippen LogP contribution in [0.4, 0.5) is 0 Å². The van der Waals surface area contributed by atoms with Crippen molar-refractivity contribution in [3.63, 3.8) is 0 Å². The minimum absolute atomic E-state index is 0.356. The topological polar surface area (TPSA) is 116 Å². The predicted octanol–water partition coefficient (Wildman–Crippen LogP) is -1.26. The maximum absolute atomic E-state index is 11.2. The number of aliphatic hydroxyl groups is 4. The second-order valence-corrected chi connectivity index (χ2v) is 6.29. The van der Waals surface area contributed by atoms with Crippen LogP contribution in [0.25, 0.3) is 0 Å². The van der Waals surface area contributed by atoms with Gasteiger partial charge in [0, 0.05) is 0 Å². The number of ether oxygens (including phenoxy) is 2. The molecule has 1 saturated heterocycles. The zero-order valence-corrected chi connectivity index (χ0v) is 11.7. The van der Waals surface area contributed by atoms with Crippen molar-refractivity contribution >= 4 is 40.8 Å².